The molecule has 108 valence electrons. The number of aryl methyl sites for hydroxylation is 1. The molecule has 0 amide bonds. The number of nitrogens with two attached hydrogens (primary N) is 1. The fraction of sp³-hybridized carbons (Fsp3) is 0.714. The number of nitrogens with zero attached hydrogens (tertiary/aromatic N) is 1. The minimum absolute atomic E-state index is 0.0220. The summed E-state index contributed by atoms with van der Waals surface area (Å²) in [6.07, 6.45) is 1.05. The zero-order chi connectivity index (χ0) is 13.9. The van der Waals surface area contributed by atoms with E-state index in [0.717, 1.165) is 32.7 Å². The van der Waals surface area contributed by atoms with E-state index in [1.54, 1.807) is 11.3 Å². The lowest BCUT2D eigenvalue weighted by Gasteiger charge is -2.47. The van der Waals surface area contributed by atoms with Gasteiger partial charge in [-0.2, -0.15) is 0 Å². The summed E-state index contributed by atoms with van der Waals surface area (Å²) < 4.78 is 5.48. The van der Waals surface area contributed by atoms with Crippen molar-refractivity contribution in [3.05, 3.63) is 21.9 Å². The number of nitrogens with one attached hydrogen (secondary N) is 1. The number of hydrazine groups is 1. The van der Waals surface area contributed by atoms with Gasteiger partial charge in [0.05, 0.1) is 19.3 Å². The maximum absolute atomic E-state index is 5.90. The molecule has 4 nitrogen and oxygen atoms in total. The number of hydrogen-bond donors (Lipinski definition) is 2. The molecule has 0 bridgehead atoms. The molecule has 0 aliphatic carbocycles. The lowest BCUT2D eigenvalue weighted by molar-refractivity contribution is -0.0325. The molecule has 2 atom stereocenters. The Morgan fingerprint density at radius 1 is 1.53 bits per heavy atom. The molecule has 2 rings (SSSR count). The van der Waals surface area contributed by atoms with E-state index in [9.17, 15) is 0 Å². The summed E-state index contributed by atoms with van der Waals surface area (Å²) >= 11 is 1.79. The SMILES string of the molecule is CCC(C)(C(NN)c1sccc1C)N1CCOCC1. The van der Waals surface area contributed by atoms with Crippen LogP contribution < -0.4 is 11.3 Å². The molecular formula is C14H25N3OS. The first-order valence-electron chi connectivity index (χ1n) is 6.96. The van der Waals surface area contributed by atoms with E-state index in [2.05, 4.69) is 42.5 Å². The molecule has 3 N–H and O–H groups in total. The van der Waals surface area contributed by atoms with Crippen molar-refractivity contribution in [2.24, 2.45) is 5.84 Å². The van der Waals surface area contributed by atoms with Crippen molar-refractivity contribution >= 4 is 11.3 Å². The largest absolute Gasteiger partial charge is 0.379 e. The Kier molecular flexibility index (Phi) is 4.97. The topological polar surface area (TPSA) is 50.5 Å². The summed E-state index contributed by atoms with van der Waals surface area (Å²) in [5, 5.41) is 2.14. The summed E-state index contributed by atoms with van der Waals surface area (Å²) in [6, 6.07) is 2.33. The highest BCUT2D eigenvalue weighted by atomic mass is 32.1. The molecule has 0 radical (unpaired) electrons. The molecule has 19 heavy (non-hydrogen) atoms. The molecular weight excluding hydrogens is 258 g/mol. The van der Waals surface area contributed by atoms with Gasteiger partial charge >= 0.3 is 0 Å². The van der Waals surface area contributed by atoms with Crippen molar-refractivity contribution < 1.29 is 4.74 Å². The standard InChI is InChI=1S/C14H25N3OS/c1-4-14(3,17-6-8-18-9-7-17)13(16-15)12-11(2)5-10-19-12/h5,10,13,16H,4,6-9,15H2,1-3H3. The van der Waals surface area contributed by atoms with Gasteiger partial charge in [0.1, 0.15) is 0 Å². The van der Waals surface area contributed by atoms with Crippen molar-refractivity contribution in [1.82, 2.24) is 10.3 Å². The number of hydrogen-bond acceptors (Lipinski definition) is 5. The smallest absolute Gasteiger partial charge is 0.0736 e. The summed E-state index contributed by atoms with van der Waals surface area (Å²) in [5.74, 6) is 5.90. The first-order valence-corrected chi connectivity index (χ1v) is 7.84. The van der Waals surface area contributed by atoms with Gasteiger partial charge in [0.25, 0.3) is 0 Å². The minimum atomic E-state index is 0.0220. The molecule has 1 aliphatic rings. The zero-order valence-corrected chi connectivity index (χ0v) is 12.9. The van der Waals surface area contributed by atoms with Gasteiger partial charge in [-0.15, -0.1) is 11.3 Å². The lowest BCUT2D eigenvalue weighted by Crippen LogP contribution is -2.58. The highest BCUT2D eigenvalue weighted by Crippen LogP contribution is 2.37. The maximum atomic E-state index is 5.90. The van der Waals surface area contributed by atoms with E-state index in [0.29, 0.717) is 0 Å². The van der Waals surface area contributed by atoms with Gasteiger partial charge in [0, 0.05) is 23.5 Å². The van der Waals surface area contributed by atoms with Crippen LogP contribution >= 0.6 is 11.3 Å². The van der Waals surface area contributed by atoms with Gasteiger partial charge < -0.3 is 4.74 Å². The summed E-state index contributed by atoms with van der Waals surface area (Å²) in [7, 11) is 0. The predicted octanol–water partition coefficient (Wildman–Crippen LogP) is 2.06. The van der Waals surface area contributed by atoms with Crippen LogP contribution in [0.1, 0.15) is 36.8 Å². The van der Waals surface area contributed by atoms with Gasteiger partial charge in [-0.05, 0) is 37.3 Å². The maximum Gasteiger partial charge on any atom is 0.0736 e. The summed E-state index contributed by atoms with van der Waals surface area (Å²) in [4.78, 5) is 3.86. The second-order valence-corrected chi connectivity index (χ2v) is 6.33. The molecule has 5 heteroatoms. The number of morpholine rings is 1. The molecule has 1 aromatic rings. The third kappa shape index (κ3) is 2.85. The molecule has 1 saturated heterocycles. The Bertz CT molecular complexity index is 403. The van der Waals surface area contributed by atoms with Crippen LogP contribution in [-0.4, -0.2) is 36.7 Å². The first kappa shape index (κ1) is 14.9. The normalized spacial score (nSPS) is 22.1. The molecule has 1 aromatic heterocycles. The van der Waals surface area contributed by atoms with Crippen LogP contribution in [0.4, 0.5) is 0 Å². The van der Waals surface area contributed by atoms with E-state index in [-0.39, 0.29) is 11.6 Å². The fourth-order valence-electron chi connectivity index (χ4n) is 2.90. The molecule has 0 aromatic carbocycles. The van der Waals surface area contributed by atoms with Gasteiger partial charge in [-0.1, -0.05) is 6.92 Å². The van der Waals surface area contributed by atoms with Gasteiger partial charge in [0.2, 0.25) is 0 Å². The lowest BCUT2D eigenvalue weighted by atomic mass is 9.85. The highest BCUT2D eigenvalue weighted by molar-refractivity contribution is 7.10. The predicted molar refractivity (Wildman–Crippen MR) is 80.2 cm³/mol. The number of thiophene rings is 1. The Morgan fingerprint density at radius 2 is 2.21 bits per heavy atom. The molecule has 0 spiro atoms. The van der Waals surface area contributed by atoms with E-state index >= 15 is 0 Å². The fourth-order valence-corrected chi connectivity index (χ4v) is 4.03. The van der Waals surface area contributed by atoms with Crippen molar-refractivity contribution in [3.8, 4) is 0 Å². The molecule has 0 saturated carbocycles. The summed E-state index contributed by atoms with van der Waals surface area (Å²) in [5.41, 5.74) is 4.40. The highest BCUT2D eigenvalue weighted by Gasteiger charge is 2.40. The van der Waals surface area contributed by atoms with Crippen molar-refractivity contribution in [2.45, 2.75) is 38.8 Å². The van der Waals surface area contributed by atoms with E-state index in [1.165, 1.54) is 10.4 Å². The van der Waals surface area contributed by atoms with E-state index in [4.69, 9.17) is 10.6 Å². The Hall–Kier alpha value is -0.460. The number of ether oxygens (including phenoxy) is 1. The first-order chi connectivity index (χ1) is 9.13. The Balaban J connectivity index is 2.29. The van der Waals surface area contributed by atoms with Crippen molar-refractivity contribution in [3.63, 3.8) is 0 Å². The average molecular weight is 283 g/mol. The van der Waals surface area contributed by atoms with Crippen LogP contribution in [0.5, 0.6) is 0 Å². The zero-order valence-electron chi connectivity index (χ0n) is 12.1. The van der Waals surface area contributed by atoms with Crippen LogP contribution in [0.3, 0.4) is 0 Å². The third-order valence-corrected chi connectivity index (χ3v) is 5.49. The van der Waals surface area contributed by atoms with Crippen LogP contribution in [0.25, 0.3) is 0 Å². The Morgan fingerprint density at radius 3 is 2.68 bits per heavy atom. The van der Waals surface area contributed by atoms with Crippen molar-refractivity contribution in [1.29, 1.82) is 0 Å². The van der Waals surface area contributed by atoms with Gasteiger partial charge in [-0.25, -0.2) is 0 Å². The molecule has 2 unspecified atom stereocenters. The average Bonchev–Trinajstić information content (AvgIpc) is 2.86. The second-order valence-electron chi connectivity index (χ2n) is 5.38. The van der Waals surface area contributed by atoms with Gasteiger partial charge in [0.15, 0.2) is 0 Å². The van der Waals surface area contributed by atoms with Crippen LogP contribution in [0.15, 0.2) is 11.4 Å². The third-order valence-electron chi connectivity index (χ3n) is 4.40. The second kappa shape index (κ2) is 6.33. The van der Waals surface area contributed by atoms with Gasteiger partial charge in [-0.3, -0.25) is 16.2 Å². The molecule has 2 heterocycles. The monoisotopic (exact) mass is 283 g/mol. The van der Waals surface area contributed by atoms with Crippen LogP contribution in [0.2, 0.25) is 0 Å². The quantitative estimate of drug-likeness (QED) is 0.641. The van der Waals surface area contributed by atoms with Crippen LogP contribution in [0, 0.1) is 6.92 Å². The van der Waals surface area contributed by atoms with Crippen molar-refractivity contribution in [2.75, 3.05) is 26.3 Å². The number of rotatable bonds is 5. The van der Waals surface area contributed by atoms with E-state index < -0.39 is 0 Å². The summed E-state index contributed by atoms with van der Waals surface area (Å²) in [6.45, 7) is 10.3. The molecule has 1 aliphatic heterocycles. The van der Waals surface area contributed by atoms with Crippen LogP contribution in [-0.2, 0) is 4.74 Å². The molecule has 1 fully saturated rings. The minimum Gasteiger partial charge on any atom is -0.379 e. The Labute approximate surface area is 119 Å². The van der Waals surface area contributed by atoms with E-state index in [1.807, 2.05) is 0 Å².